The number of ether oxygens (including phenoxy) is 1. The molecular weight excluding hydrogens is 476 g/mol. The van der Waals surface area contributed by atoms with Gasteiger partial charge in [0.05, 0.1) is 11.3 Å². The van der Waals surface area contributed by atoms with Gasteiger partial charge in [-0.3, -0.25) is 4.90 Å². The van der Waals surface area contributed by atoms with Crippen molar-refractivity contribution in [3.8, 4) is 11.3 Å². The summed E-state index contributed by atoms with van der Waals surface area (Å²) in [6.07, 6.45) is 2.63. The van der Waals surface area contributed by atoms with E-state index in [-0.39, 0.29) is 17.5 Å². The molecule has 1 unspecified atom stereocenters. The van der Waals surface area contributed by atoms with Crippen LogP contribution in [0.25, 0.3) is 11.3 Å². The minimum atomic E-state index is -4.80. The number of carbonyl (C=O) groups excluding carboxylic acids is 1. The molecule has 0 saturated carbocycles. The maximum atomic E-state index is 13.9. The number of likely N-dealkylation sites (tertiary alicyclic amines) is 1. The summed E-state index contributed by atoms with van der Waals surface area (Å²) in [4.78, 5) is 20.9. The molecule has 0 spiro atoms. The molecule has 36 heavy (non-hydrogen) atoms. The number of piperidine rings is 1. The fraction of sp³-hybridized carbons (Fsp3) is 0.538. The molecule has 2 atom stereocenters. The molecule has 6 nitrogen and oxygen atoms in total. The summed E-state index contributed by atoms with van der Waals surface area (Å²) >= 11 is 0. The van der Waals surface area contributed by atoms with Crippen molar-refractivity contribution in [2.45, 2.75) is 63.8 Å². The zero-order valence-corrected chi connectivity index (χ0v) is 21.0. The number of carbonyl (C=O) groups is 1. The van der Waals surface area contributed by atoms with Gasteiger partial charge in [0.1, 0.15) is 17.2 Å². The predicted octanol–water partition coefficient (Wildman–Crippen LogP) is 6.21. The fourth-order valence-corrected chi connectivity index (χ4v) is 4.73. The molecular formula is C26H32F4N4O2. The molecule has 1 aromatic carbocycles. The molecule has 2 aliphatic heterocycles. The van der Waals surface area contributed by atoms with Crippen LogP contribution in [-0.4, -0.2) is 57.7 Å². The van der Waals surface area contributed by atoms with E-state index >= 15 is 0 Å². The molecule has 10 heteroatoms. The van der Waals surface area contributed by atoms with Gasteiger partial charge >= 0.3 is 12.3 Å². The standard InChI is InChI=1S/C26H32F4N4O2/c1-25(2,3)36-24(35)33-12-9-17(10-13-33)23-31-22(16-34(23)19-6-5-11-32(4)15-19)18-7-8-21(27)20(14-18)26(28,29)30/h7-9,12,14,16-17,19H,5-6,10-11,13,15H2,1-4H3/t17?,19-/m1/s1. The maximum absolute atomic E-state index is 13.9. The minimum Gasteiger partial charge on any atom is -0.443 e. The number of nitrogens with zero attached hydrogens (tertiary/aromatic N) is 4. The highest BCUT2D eigenvalue weighted by Gasteiger charge is 2.35. The molecule has 196 valence electrons. The second kappa shape index (κ2) is 9.88. The highest BCUT2D eigenvalue weighted by Crippen LogP contribution is 2.36. The third-order valence-corrected chi connectivity index (χ3v) is 6.46. The average Bonchev–Trinajstić information content (AvgIpc) is 3.23. The van der Waals surface area contributed by atoms with E-state index in [1.807, 2.05) is 13.1 Å². The van der Waals surface area contributed by atoms with Crippen molar-refractivity contribution in [1.29, 1.82) is 0 Å². The Kier molecular flexibility index (Phi) is 7.19. The zero-order valence-electron chi connectivity index (χ0n) is 21.0. The molecule has 1 aromatic heterocycles. The van der Waals surface area contributed by atoms with Gasteiger partial charge < -0.3 is 14.2 Å². The lowest BCUT2D eigenvalue weighted by Crippen LogP contribution is -2.37. The Hall–Kier alpha value is -2.88. The Labute approximate surface area is 208 Å². The first-order chi connectivity index (χ1) is 16.8. The van der Waals surface area contributed by atoms with Crippen LogP contribution in [-0.2, 0) is 10.9 Å². The number of alkyl halides is 3. The van der Waals surface area contributed by atoms with Gasteiger partial charge in [-0.05, 0) is 71.8 Å². The summed E-state index contributed by atoms with van der Waals surface area (Å²) < 4.78 is 61.4. The van der Waals surface area contributed by atoms with Crippen molar-refractivity contribution < 1.29 is 27.1 Å². The molecule has 3 heterocycles. The Morgan fingerprint density at radius 3 is 2.50 bits per heavy atom. The third-order valence-electron chi connectivity index (χ3n) is 6.46. The summed E-state index contributed by atoms with van der Waals surface area (Å²) in [6, 6.07) is 3.10. The number of aromatic nitrogens is 2. The first-order valence-electron chi connectivity index (χ1n) is 12.1. The highest BCUT2D eigenvalue weighted by atomic mass is 19.4. The summed E-state index contributed by atoms with van der Waals surface area (Å²) in [5.74, 6) is -0.715. The lowest BCUT2D eigenvalue weighted by molar-refractivity contribution is -0.139. The lowest BCUT2D eigenvalue weighted by Gasteiger charge is -2.33. The second-order valence-electron chi connectivity index (χ2n) is 10.6. The van der Waals surface area contributed by atoms with Crippen LogP contribution in [0.2, 0.25) is 0 Å². The first-order valence-corrected chi connectivity index (χ1v) is 12.1. The van der Waals surface area contributed by atoms with Gasteiger partial charge in [-0.25, -0.2) is 14.2 Å². The SMILES string of the molecule is CN1CCC[C@@H](n2cc(-c3ccc(F)c(C(F)(F)F)c3)nc2C2C=CN(C(=O)OC(C)(C)C)CC2)C1. The normalized spacial score (nSPS) is 21.6. The van der Waals surface area contributed by atoms with Gasteiger partial charge in [-0.1, -0.05) is 6.08 Å². The number of likely N-dealkylation sites (N-methyl/N-ethyl adjacent to an activating group) is 1. The Bertz CT molecular complexity index is 1140. The number of allylic oxidation sites excluding steroid dienone is 1. The van der Waals surface area contributed by atoms with E-state index in [2.05, 4.69) is 9.47 Å². The Balaban J connectivity index is 1.68. The largest absolute Gasteiger partial charge is 0.443 e. The van der Waals surface area contributed by atoms with Crippen LogP contribution in [0.4, 0.5) is 22.4 Å². The smallest absolute Gasteiger partial charge is 0.419 e. The molecule has 0 aliphatic carbocycles. The van der Waals surface area contributed by atoms with Crippen LogP contribution in [0.15, 0.2) is 36.7 Å². The van der Waals surface area contributed by atoms with Crippen molar-refractivity contribution in [3.05, 3.63) is 53.9 Å². The van der Waals surface area contributed by atoms with Crippen LogP contribution < -0.4 is 0 Å². The van der Waals surface area contributed by atoms with Crippen LogP contribution in [0.3, 0.4) is 0 Å². The molecule has 1 fully saturated rings. The third kappa shape index (κ3) is 5.91. The number of imidazole rings is 1. The van der Waals surface area contributed by atoms with Crippen molar-refractivity contribution >= 4 is 6.09 Å². The van der Waals surface area contributed by atoms with Crippen molar-refractivity contribution in [3.63, 3.8) is 0 Å². The topological polar surface area (TPSA) is 50.6 Å². The zero-order chi connectivity index (χ0) is 26.3. The van der Waals surface area contributed by atoms with E-state index in [9.17, 15) is 22.4 Å². The lowest BCUT2D eigenvalue weighted by atomic mass is 9.99. The Morgan fingerprint density at radius 1 is 1.14 bits per heavy atom. The monoisotopic (exact) mass is 508 g/mol. The van der Waals surface area contributed by atoms with Crippen LogP contribution in [0.1, 0.15) is 63.4 Å². The highest BCUT2D eigenvalue weighted by molar-refractivity contribution is 5.69. The fourth-order valence-electron chi connectivity index (χ4n) is 4.73. The van der Waals surface area contributed by atoms with E-state index in [0.717, 1.165) is 43.9 Å². The predicted molar refractivity (Wildman–Crippen MR) is 128 cm³/mol. The van der Waals surface area contributed by atoms with Crippen molar-refractivity contribution in [2.24, 2.45) is 0 Å². The van der Waals surface area contributed by atoms with Gasteiger partial charge in [-0.15, -0.1) is 0 Å². The van der Waals surface area contributed by atoms with E-state index in [4.69, 9.17) is 9.72 Å². The van der Waals surface area contributed by atoms with Crippen LogP contribution >= 0.6 is 0 Å². The maximum Gasteiger partial charge on any atom is 0.419 e. The number of amides is 1. The van der Waals surface area contributed by atoms with Crippen LogP contribution in [0.5, 0.6) is 0 Å². The summed E-state index contributed by atoms with van der Waals surface area (Å²) in [5.41, 5.74) is -1.33. The number of benzene rings is 1. The van der Waals surface area contributed by atoms with Gasteiger partial charge in [-0.2, -0.15) is 13.2 Å². The van der Waals surface area contributed by atoms with E-state index < -0.39 is 29.3 Å². The average molecular weight is 509 g/mol. The summed E-state index contributed by atoms with van der Waals surface area (Å²) in [6.45, 7) is 7.62. The molecule has 2 aromatic rings. The van der Waals surface area contributed by atoms with Crippen molar-refractivity contribution in [2.75, 3.05) is 26.7 Å². The molecule has 1 saturated heterocycles. The number of hydrogen-bond acceptors (Lipinski definition) is 4. The molecule has 0 bridgehead atoms. The first kappa shape index (κ1) is 26.2. The molecule has 0 radical (unpaired) electrons. The van der Waals surface area contributed by atoms with Gasteiger partial charge in [0.15, 0.2) is 0 Å². The van der Waals surface area contributed by atoms with E-state index in [1.54, 1.807) is 33.2 Å². The number of rotatable bonds is 3. The molecule has 2 aliphatic rings. The molecule has 1 amide bonds. The van der Waals surface area contributed by atoms with Crippen LogP contribution in [0, 0.1) is 5.82 Å². The molecule has 0 N–H and O–H groups in total. The quantitative estimate of drug-likeness (QED) is 0.463. The minimum absolute atomic E-state index is 0.111. The van der Waals surface area contributed by atoms with E-state index in [0.29, 0.717) is 18.7 Å². The summed E-state index contributed by atoms with van der Waals surface area (Å²) in [7, 11) is 2.04. The number of hydrogen-bond donors (Lipinski definition) is 0. The van der Waals surface area contributed by atoms with E-state index in [1.165, 1.54) is 11.0 Å². The van der Waals surface area contributed by atoms with Gasteiger partial charge in [0, 0.05) is 43.0 Å². The second-order valence-corrected chi connectivity index (χ2v) is 10.6. The summed E-state index contributed by atoms with van der Waals surface area (Å²) in [5, 5.41) is 0. The van der Waals surface area contributed by atoms with Crippen molar-refractivity contribution in [1.82, 2.24) is 19.4 Å². The Morgan fingerprint density at radius 2 is 1.89 bits per heavy atom. The van der Waals surface area contributed by atoms with Gasteiger partial charge in [0.2, 0.25) is 0 Å². The van der Waals surface area contributed by atoms with Gasteiger partial charge in [0.25, 0.3) is 0 Å². The number of halogens is 4. The molecule has 4 rings (SSSR count).